The number of carbonyl (C=O) groups is 2. The molecule has 0 aliphatic carbocycles. The van der Waals surface area contributed by atoms with Gasteiger partial charge in [-0.3, -0.25) is 9.59 Å². The highest BCUT2D eigenvalue weighted by atomic mass is 16.5. The molecule has 0 aromatic rings. The van der Waals surface area contributed by atoms with E-state index in [-0.39, 0.29) is 37.0 Å². The first-order chi connectivity index (χ1) is 11.7. The lowest BCUT2D eigenvalue weighted by molar-refractivity contribution is -0.141. The normalized spacial score (nSPS) is 25.6. The molecule has 6 heteroatoms. The van der Waals surface area contributed by atoms with Crippen LogP contribution in [0.4, 0.5) is 0 Å². The molecule has 0 saturated carbocycles. The van der Waals surface area contributed by atoms with Crippen molar-refractivity contribution in [3.8, 4) is 0 Å². The van der Waals surface area contributed by atoms with Crippen molar-refractivity contribution in [3.05, 3.63) is 11.1 Å². The van der Waals surface area contributed by atoms with E-state index in [4.69, 9.17) is 18.9 Å². The molecule has 2 fully saturated rings. The van der Waals surface area contributed by atoms with Gasteiger partial charge in [-0.2, -0.15) is 0 Å². The molecule has 2 atom stereocenters. The standard InChI is InChI=1S/C18H28O6/c1-21-17(19)11-13(15-7-3-5-9-23-15)14(12-18(20)22-2)16-8-4-6-10-24-16/h15-16H,3-12H2,1-2H3. The first-order valence-electron chi connectivity index (χ1n) is 8.74. The Labute approximate surface area is 143 Å². The molecule has 0 aromatic carbocycles. The first-order valence-corrected chi connectivity index (χ1v) is 8.74. The molecular formula is C18H28O6. The van der Waals surface area contributed by atoms with E-state index in [1.54, 1.807) is 0 Å². The topological polar surface area (TPSA) is 71.1 Å². The number of rotatable bonds is 6. The third kappa shape index (κ3) is 5.31. The lowest BCUT2D eigenvalue weighted by Crippen LogP contribution is -2.30. The second-order valence-corrected chi connectivity index (χ2v) is 6.27. The van der Waals surface area contributed by atoms with E-state index in [0.29, 0.717) is 13.2 Å². The Kier molecular flexibility index (Phi) is 7.72. The van der Waals surface area contributed by atoms with Crippen molar-refractivity contribution in [3.63, 3.8) is 0 Å². The van der Waals surface area contributed by atoms with Crippen molar-refractivity contribution >= 4 is 11.9 Å². The maximum atomic E-state index is 11.9. The first kappa shape index (κ1) is 18.9. The van der Waals surface area contributed by atoms with Crippen LogP contribution < -0.4 is 0 Å². The minimum absolute atomic E-state index is 0.132. The van der Waals surface area contributed by atoms with Gasteiger partial charge < -0.3 is 18.9 Å². The fourth-order valence-electron chi connectivity index (χ4n) is 3.35. The van der Waals surface area contributed by atoms with Crippen molar-refractivity contribution < 1.29 is 28.5 Å². The van der Waals surface area contributed by atoms with Gasteiger partial charge in [-0.1, -0.05) is 0 Å². The van der Waals surface area contributed by atoms with Crippen LogP contribution in [0.1, 0.15) is 51.4 Å². The lowest BCUT2D eigenvalue weighted by atomic mass is 9.87. The number of ether oxygens (including phenoxy) is 4. The van der Waals surface area contributed by atoms with Crippen LogP contribution in [0, 0.1) is 0 Å². The SMILES string of the molecule is COC(=O)CC(=C(CC(=O)OC)C1CCCCO1)C1CCCCO1. The average Bonchev–Trinajstić information content (AvgIpc) is 2.65. The van der Waals surface area contributed by atoms with Gasteiger partial charge in [0.1, 0.15) is 0 Å². The zero-order chi connectivity index (χ0) is 17.4. The van der Waals surface area contributed by atoms with Crippen molar-refractivity contribution in [2.24, 2.45) is 0 Å². The molecule has 2 unspecified atom stereocenters. The Hall–Kier alpha value is -1.40. The number of hydrogen-bond donors (Lipinski definition) is 0. The summed E-state index contributed by atoms with van der Waals surface area (Å²) in [6.45, 7) is 1.35. The van der Waals surface area contributed by atoms with Gasteiger partial charge in [0.25, 0.3) is 0 Å². The van der Waals surface area contributed by atoms with Gasteiger partial charge in [-0.25, -0.2) is 0 Å². The smallest absolute Gasteiger partial charge is 0.309 e. The van der Waals surface area contributed by atoms with Gasteiger partial charge in [0.2, 0.25) is 0 Å². The van der Waals surface area contributed by atoms with Crippen molar-refractivity contribution in [2.75, 3.05) is 27.4 Å². The zero-order valence-electron chi connectivity index (χ0n) is 14.7. The summed E-state index contributed by atoms with van der Waals surface area (Å²) in [5.41, 5.74) is 1.69. The second kappa shape index (κ2) is 9.79. The van der Waals surface area contributed by atoms with Gasteiger partial charge in [-0.15, -0.1) is 0 Å². The molecule has 0 N–H and O–H groups in total. The molecule has 0 spiro atoms. The van der Waals surface area contributed by atoms with Crippen LogP contribution >= 0.6 is 0 Å². The van der Waals surface area contributed by atoms with Gasteiger partial charge in [0.15, 0.2) is 0 Å². The van der Waals surface area contributed by atoms with Gasteiger partial charge in [0, 0.05) is 13.2 Å². The Morgan fingerprint density at radius 2 is 1.21 bits per heavy atom. The molecule has 136 valence electrons. The predicted octanol–water partition coefficient (Wildman–Crippen LogP) is 2.55. The van der Waals surface area contributed by atoms with Crippen LogP contribution in [-0.2, 0) is 28.5 Å². The number of esters is 2. The Morgan fingerprint density at radius 3 is 1.50 bits per heavy atom. The number of methoxy groups -OCH3 is 2. The Balaban J connectivity index is 2.34. The molecule has 2 heterocycles. The molecule has 2 aliphatic rings. The Morgan fingerprint density at radius 1 is 0.792 bits per heavy atom. The molecular weight excluding hydrogens is 312 g/mol. The molecule has 6 nitrogen and oxygen atoms in total. The van der Waals surface area contributed by atoms with E-state index >= 15 is 0 Å². The lowest BCUT2D eigenvalue weighted by Gasteiger charge is -2.32. The van der Waals surface area contributed by atoms with Crippen LogP contribution in [0.25, 0.3) is 0 Å². The highest BCUT2D eigenvalue weighted by Gasteiger charge is 2.30. The molecule has 0 amide bonds. The van der Waals surface area contributed by atoms with Crippen LogP contribution in [0.2, 0.25) is 0 Å². The maximum absolute atomic E-state index is 11.9. The summed E-state index contributed by atoms with van der Waals surface area (Å²) in [5, 5.41) is 0. The van der Waals surface area contributed by atoms with E-state index in [2.05, 4.69) is 0 Å². The molecule has 0 bridgehead atoms. The zero-order valence-corrected chi connectivity index (χ0v) is 14.7. The molecule has 2 rings (SSSR count). The van der Waals surface area contributed by atoms with Crippen LogP contribution in [-0.4, -0.2) is 51.6 Å². The molecule has 24 heavy (non-hydrogen) atoms. The second-order valence-electron chi connectivity index (χ2n) is 6.27. The van der Waals surface area contributed by atoms with Crippen molar-refractivity contribution in [2.45, 2.75) is 63.6 Å². The van der Waals surface area contributed by atoms with Gasteiger partial charge in [0.05, 0.1) is 39.3 Å². The van der Waals surface area contributed by atoms with Gasteiger partial charge >= 0.3 is 11.9 Å². The molecule has 0 aromatic heterocycles. The minimum atomic E-state index is -0.322. The monoisotopic (exact) mass is 340 g/mol. The summed E-state index contributed by atoms with van der Waals surface area (Å²) in [4.78, 5) is 23.9. The third-order valence-corrected chi connectivity index (χ3v) is 4.67. The minimum Gasteiger partial charge on any atom is -0.469 e. The summed E-state index contributed by atoms with van der Waals surface area (Å²) in [7, 11) is 2.75. The fourth-order valence-corrected chi connectivity index (χ4v) is 3.35. The average molecular weight is 340 g/mol. The van der Waals surface area contributed by atoms with Crippen molar-refractivity contribution in [1.82, 2.24) is 0 Å². The Bertz CT molecular complexity index is 416. The largest absolute Gasteiger partial charge is 0.469 e. The summed E-state index contributed by atoms with van der Waals surface area (Å²) in [5.74, 6) is -0.644. The fraction of sp³-hybridized carbons (Fsp3) is 0.778. The van der Waals surface area contributed by atoms with Crippen LogP contribution in [0.5, 0.6) is 0 Å². The van der Waals surface area contributed by atoms with Crippen LogP contribution in [0.15, 0.2) is 11.1 Å². The highest BCUT2D eigenvalue weighted by Crippen LogP contribution is 2.32. The van der Waals surface area contributed by atoms with E-state index in [9.17, 15) is 9.59 Å². The summed E-state index contributed by atoms with van der Waals surface area (Å²) < 4.78 is 21.5. The summed E-state index contributed by atoms with van der Waals surface area (Å²) in [6.07, 6.45) is 5.81. The van der Waals surface area contributed by atoms with Crippen LogP contribution in [0.3, 0.4) is 0 Å². The van der Waals surface area contributed by atoms with E-state index in [1.807, 2.05) is 0 Å². The molecule has 0 radical (unpaired) electrons. The third-order valence-electron chi connectivity index (χ3n) is 4.67. The van der Waals surface area contributed by atoms with E-state index in [0.717, 1.165) is 49.7 Å². The quantitative estimate of drug-likeness (QED) is 0.547. The van der Waals surface area contributed by atoms with Crippen molar-refractivity contribution in [1.29, 1.82) is 0 Å². The number of hydrogen-bond acceptors (Lipinski definition) is 6. The van der Waals surface area contributed by atoms with E-state index < -0.39 is 0 Å². The van der Waals surface area contributed by atoms with Gasteiger partial charge in [-0.05, 0) is 49.7 Å². The predicted molar refractivity (Wildman–Crippen MR) is 87.5 cm³/mol. The number of carbonyl (C=O) groups excluding carboxylic acids is 2. The maximum Gasteiger partial charge on any atom is 0.309 e. The van der Waals surface area contributed by atoms with E-state index in [1.165, 1.54) is 14.2 Å². The molecule has 2 aliphatic heterocycles. The summed E-state index contributed by atoms with van der Waals surface area (Å²) >= 11 is 0. The highest BCUT2D eigenvalue weighted by molar-refractivity contribution is 5.76. The molecule has 2 saturated heterocycles. The summed E-state index contributed by atoms with van der Waals surface area (Å²) in [6, 6.07) is 0.